The van der Waals surface area contributed by atoms with Crippen LogP contribution in [0.25, 0.3) is 0 Å². The number of aliphatic hydroxyl groups excluding tert-OH is 2. The Morgan fingerprint density at radius 2 is 2.03 bits per heavy atom. The van der Waals surface area contributed by atoms with Crippen molar-refractivity contribution in [3.63, 3.8) is 0 Å². The largest absolute Gasteiger partial charge is 0.390 e. The molecule has 4 bridgehead atoms. The predicted octanol–water partition coefficient (Wildman–Crippen LogP) is 1.74. The molecule has 7 rings (SSSR count). The van der Waals surface area contributed by atoms with Crippen LogP contribution in [-0.4, -0.2) is 76.2 Å². The predicted molar refractivity (Wildman–Crippen MR) is 111 cm³/mol. The minimum absolute atomic E-state index is 0.225. The lowest BCUT2D eigenvalue weighted by molar-refractivity contribution is -0.401. The zero-order valence-corrected chi connectivity index (χ0v) is 18.4. The van der Waals surface area contributed by atoms with E-state index in [-0.39, 0.29) is 5.41 Å². The van der Waals surface area contributed by atoms with Gasteiger partial charge in [-0.15, -0.1) is 0 Å². The van der Waals surface area contributed by atoms with Crippen LogP contribution in [0.15, 0.2) is 23.3 Å². The van der Waals surface area contributed by atoms with E-state index in [9.17, 15) is 15.3 Å². The van der Waals surface area contributed by atoms with Crippen LogP contribution < -0.4 is 0 Å². The summed E-state index contributed by atoms with van der Waals surface area (Å²) in [6, 6.07) is 0. The van der Waals surface area contributed by atoms with Crippen molar-refractivity contribution in [2.24, 2.45) is 16.7 Å². The van der Waals surface area contributed by atoms with Crippen molar-refractivity contribution in [2.45, 2.75) is 81.6 Å². The van der Waals surface area contributed by atoms with Crippen molar-refractivity contribution < 1.29 is 24.8 Å². The van der Waals surface area contributed by atoms with Crippen LogP contribution in [0.4, 0.5) is 0 Å². The Morgan fingerprint density at radius 3 is 2.80 bits per heavy atom. The number of likely N-dealkylation sites (N-methyl/N-ethyl adjacent to an activating group) is 1. The molecule has 0 aromatic rings. The van der Waals surface area contributed by atoms with Crippen LogP contribution in [0.1, 0.15) is 52.4 Å². The summed E-state index contributed by atoms with van der Waals surface area (Å²) >= 11 is 0. The first-order chi connectivity index (χ1) is 14.1. The minimum atomic E-state index is -1.17. The molecule has 3 heterocycles. The zero-order valence-electron chi connectivity index (χ0n) is 18.4. The monoisotopic (exact) mass is 417 g/mol. The average molecular weight is 418 g/mol. The number of hydrogen-bond donors (Lipinski definition) is 3. The lowest BCUT2D eigenvalue weighted by Crippen LogP contribution is -2.79. The van der Waals surface area contributed by atoms with Gasteiger partial charge in [0.1, 0.15) is 11.2 Å². The van der Waals surface area contributed by atoms with Crippen molar-refractivity contribution in [3.05, 3.63) is 23.3 Å². The summed E-state index contributed by atoms with van der Waals surface area (Å²) < 4.78 is 13.4. The van der Waals surface area contributed by atoms with Gasteiger partial charge in [-0.05, 0) is 56.7 Å². The Hall–Kier alpha value is -0.760. The fraction of sp³-hybridized carbons (Fsp3) is 0.833. The van der Waals surface area contributed by atoms with Crippen molar-refractivity contribution in [1.82, 2.24) is 4.90 Å². The molecule has 7 aliphatic rings. The summed E-state index contributed by atoms with van der Waals surface area (Å²) in [5.74, 6) is -0.869. The summed E-state index contributed by atoms with van der Waals surface area (Å²) in [5.41, 5.74) is -0.252. The molecule has 3 N–H and O–H groups in total. The standard InChI is InChI=1S/C24H35NO5/c1-15(26)17-6-7-23-18-5-4-16-12-22(28)9-8-20(16,2)24(18,30-22)19(27)13-21(17,23)14-25(3)10-11-29-23/h5-6,15-16,19,26-28H,4,7-14H2,1-3H3. The average Bonchev–Trinajstić information content (AvgIpc) is 2.88. The van der Waals surface area contributed by atoms with Gasteiger partial charge in [0, 0.05) is 36.8 Å². The molecular weight excluding hydrogens is 382 g/mol. The van der Waals surface area contributed by atoms with Crippen molar-refractivity contribution >= 4 is 0 Å². The Kier molecular flexibility index (Phi) is 3.83. The van der Waals surface area contributed by atoms with Gasteiger partial charge in [-0.2, -0.15) is 0 Å². The summed E-state index contributed by atoms with van der Waals surface area (Å²) in [4.78, 5) is 2.27. The summed E-state index contributed by atoms with van der Waals surface area (Å²) in [6.45, 7) is 6.24. The lowest BCUT2D eigenvalue weighted by atomic mass is 9.41. The molecule has 0 aromatic carbocycles. The van der Waals surface area contributed by atoms with Crippen LogP contribution in [0, 0.1) is 16.7 Å². The van der Waals surface area contributed by atoms with Crippen molar-refractivity contribution in [2.75, 3.05) is 26.7 Å². The van der Waals surface area contributed by atoms with Gasteiger partial charge in [0.25, 0.3) is 0 Å². The SMILES string of the molecule is CC(O)C1=CCC23OCCN(C)CC12CC(O)C12OC4(O)CCC1(C)C(CC=C32)C4. The van der Waals surface area contributed by atoms with Gasteiger partial charge in [0.15, 0.2) is 5.79 Å². The highest BCUT2D eigenvalue weighted by Gasteiger charge is 2.79. The van der Waals surface area contributed by atoms with Crippen molar-refractivity contribution in [1.29, 1.82) is 0 Å². The molecule has 4 aliphatic carbocycles. The van der Waals surface area contributed by atoms with Gasteiger partial charge in [0.05, 0.1) is 18.8 Å². The quantitative estimate of drug-likeness (QED) is 0.564. The first-order valence-corrected chi connectivity index (χ1v) is 11.7. The highest BCUT2D eigenvalue weighted by molar-refractivity contribution is 5.52. The number of aliphatic hydroxyl groups is 3. The Morgan fingerprint density at radius 1 is 1.23 bits per heavy atom. The van der Waals surface area contributed by atoms with E-state index in [4.69, 9.17) is 9.47 Å². The summed E-state index contributed by atoms with van der Waals surface area (Å²) in [7, 11) is 2.09. The van der Waals surface area contributed by atoms with E-state index in [1.807, 2.05) is 6.92 Å². The third-order valence-corrected chi connectivity index (χ3v) is 9.90. The Bertz CT molecular complexity index is 855. The van der Waals surface area contributed by atoms with Gasteiger partial charge in [0.2, 0.25) is 0 Å². The van der Waals surface area contributed by atoms with Gasteiger partial charge in [-0.3, -0.25) is 0 Å². The fourth-order valence-electron chi connectivity index (χ4n) is 8.63. The second-order valence-electron chi connectivity index (χ2n) is 11.2. The van der Waals surface area contributed by atoms with E-state index in [0.717, 1.165) is 37.1 Å². The molecule has 3 aliphatic heterocycles. The molecule has 8 unspecified atom stereocenters. The number of nitrogens with zero attached hydrogens (tertiary/aromatic N) is 1. The third kappa shape index (κ3) is 1.98. The molecule has 5 fully saturated rings. The summed E-state index contributed by atoms with van der Waals surface area (Å²) in [6.07, 6.45) is 7.24. The van der Waals surface area contributed by atoms with Gasteiger partial charge in [-0.1, -0.05) is 19.1 Å². The van der Waals surface area contributed by atoms with Crippen LogP contribution in [0.5, 0.6) is 0 Å². The molecule has 30 heavy (non-hydrogen) atoms. The highest BCUT2D eigenvalue weighted by atomic mass is 16.7. The maximum absolute atomic E-state index is 11.9. The third-order valence-electron chi connectivity index (χ3n) is 9.90. The number of allylic oxidation sites excluding steroid dienone is 1. The number of ether oxygens (including phenoxy) is 2. The lowest BCUT2D eigenvalue weighted by Gasteiger charge is -2.73. The Labute approximate surface area is 178 Å². The molecule has 166 valence electrons. The van der Waals surface area contributed by atoms with Crippen LogP contribution in [0.3, 0.4) is 0 Å². The molecule has 1 spiro atoms. The van der Waals surface area contributed by atoms with Crippen LogP contribution >= 0.6 is 0 Å². The summed E-state index contributed by atoms with van der Waals surface area (Å²) in [5, 5.41) is 33.9. The number of hydrogen-bond acceptors (Lipinski definition) is 6. The molecule has 3 saturated heterocycles. The molecule has 0 radical (unpaired) electrons. The van der Waals surface area contributed by atoms with Crippen molar-refractivity contribution in [3.8, 4) is 0 Å². The Balaban J connectivity index is 1.60. The molecule has 6 nitrogen and oxygen atoms in total. The molecule has 6 heteroatoms. The first-order valence-electron chi connectivity index (χ1n) is 11.7. The topological polar surface area (TPSA) is 82.4 Å². The fourth-order valence-corrected chi connectivity index (χ4v) is 8.63. The van der Waals surface area contributed by atoms with Crippen LogP contribution in [-0.2, 0) is 9.47 Å². The molecular formula is C24H35NO5. The first kappa shape index (κ1) is 19.9. The number of rotatable bonds is 1. The maximum atomic E-state index is 11.9. The van der Waals surface area contributed by atoms with E-state index in [1.165, 1.54) is 0 Å². The number of fused-ring (bicyclic) bond motifs is 1. The van der Waals surface area contributed by atoms with E-state index in [1.54, 1.807) is 0 Å². The normalized spacial score (nSPS) is 55.7. The van der Waals surface area contributed by atoms with Gasteiger partial charge >= 0.3 is 0 Å². The van der Waals surface area contributed by atoms with Gasteiger partial charge in [-0.25, -0.2) is 0 Å². The van der Waals surface area contributed by atoms with Gasteiger partial charge < -0.3 is 29.7 Å². The van der Waals surface area contributed by atoms with Crippen LogP contribution in [0.2, 0.25) is 0 Å². The van der Waals surface area contributed by atoms with E-state index in [0.29, 0.717) is 38.2 Å². The second kappa shape index (κ2) is 5.77. The van der Waals surface area contributed by atoms with E-state index in [2.05, 4.69) is 31.0 Å². The smallest absolute Gasteiger partial charge is 0.167 e. The second-order valence-corrected chi connectivity index (χ2v) is 11.2. The molecule has 0 aromatic heterocycles. The molecule has 8 atom stereocenters. The molecule has 0 amide bonds. The van der Waals surface area contributed by atoms with E-state index >= 15 is 0 Å². The highest BCUT2D eigenvalue weighted by Crippen LogP contribution is 2.74. The zero-order chi connectivity index (χ0) is 21.2. The maximum Gasteiger partial charge on any atom is 0.167 e. The van der Waals surface area contributed by atoms with E-state index < -0.39 is 34.6 Å². The molecule has 2 saturated carbocycles. The minimum Gasteiger partial charge on any atom is -0.390 e.